The lowest BCUT2D eigenvalue weighted by Gasteiger charge is -2.13. The molecule has 0 spiro atoms. The summed E-state index contributed by atoms with van der Waals surface area (Å²) >= 11 is 0. The maximum Gasteiger partial charge on any atom is 0.342 e. The Morgan fingerprint density at radius 3 is 2.59 bits per heavy atom. The van der Waals surface area contributed by atoms with Gasteiger partial charge in [-0.3, -0.25) is 9.48 Å². The first-order valence-corrected chi connectivity index (χ1v) is 8.35. The molecule has 0 bridgehead atoms. The highest BCUT2D eigenvalue weighted by atomic mass is 19.1. The predicted octanol–water partition coefficient (Wildman–Crippen LogP) is 3.25. The summed E-state index contributed by atoms with van der Waals surface area (Å²) in [6, 6.07) is 15.4. The molecule has 1 amide bonds. The monoisotopic (exact) mass is 367 g/mol. The molecule has 0 saturated carbocycles. The molecule has 2 aromatic carbocycles. The van der Waals surface area contributed by atoms with Gasteiger partial charge in [0.1, 0.15) is 5.82 Å². The highest BCUT2D eigenvalue weighted by Gasteiger charge is 2.21. The molecule has 0 aliphatic carbocycles. The molecule has 138 valence electrons. The van der Waals surface area contributed by atoms with Gasteiger partial charge in [-0.05, 0) is 24.6 Å². The first kappa shape index (κ1) is 18.3. The van der Waals surface area contributed by atoms with E-state index in [9.17, 15) is 14.0 Å². The fraction of sp³-hybridized carbons (Fsp3) is 0.150. The van der Waals surface area contributed by atoms with E-state index in [1.165, 1.54) is 31.3 Å². The number of amides is 1. The summed E-state index contributed by atoms with van der Waals surface area (Å²) in [6.07, 6.45) is 1.85. The average molecular weight is 367 g/mol. The van der Waals surface area contributed by atoms with E-state index in [0.717, 1.165) is 5.56 Å². The second-order valence-electron chi connectivity index (χ2n) is 5.93. The Bertz CT molecular complexity index is 940. The minimum absolute atomic E-state index is 0.0288. The molecule has 1 unspecified atom stereocenters. The highest BCUT2D eigenvalue weighted by Crippen LogP contribution is 2.13. The summed E-state index contributed by atoms with van der Waals surface area (Å²) in [5.74, 6) is -1.86. The van der Waals surface area contributed by atoms with E-state index < -0.39 is 23.8 Å². The van der Waals surface area contributed by atoms with Crippen LogP contribution in [0.25, 0.3) is 0 Å². The van der Waals surface area contributed by atoms with Crippen LogP contribution in [-0.4, -0.2) is 27.8 Å². The van der Waals surface area contributed by atoms with Gasteiger partial charge in [0, 0.05) is 6.20 Å². The van der Waals surface area contributed by atoms with Crippen LogP contribution < -0.4 is 5.32 Å². The lowest BCUT2D eigenvalue weighted by molar-refractivity contribution is -0.123. The number of aromatic nitrogens is 2. The van der Waals surface area contributed by atoms with E-state index in [0.29, 0.717) is 6.54 Å². The molecule has 6 nitrogen and oxygen atoms in total. The standard InChI is InChI=1S/C20H18FN3O3/c1-14(19(25)23-18-10-6-5-9-17(18)21)27-20(26)16-11-22-24(13-16)12-15-7-3-2-4-8-15/h2-11,13-14H,12H2,1H3,(H,23,25). The topological polar surface area (TPSA) is 73.2 Å². The summed E-state index contributed by atoms with van der Waals surface area (Å²) in [4.78, 5) is 24.3. The van der Waals surface area contributed by atoms with E-state index in [1.807, 2.05) is 30.3 Å². The van der Waals surface area contributed by atoms with E-state index in [-0.39, 0.29) is 11.3 Å². The number of anilines is 1. The third-order valence-electron chi connectivity index (χ3n) is 3.84. The fourth-order valence-corrected chi connectivity index (χ4v) is 2.40. The minimum Gasteiger partial charge on any atom is -0.449 e. The van der Waals surface area contributed by atoms with Crippen LogP contribution in [0.2, 0.25) is 0 Å². The highest BCUT2D eigenvalue weighted by molar-refractivity contribution is 5.97. The van der Waals surface area contributed by atoms with Crippen LogP contribution in [0.1, 0.15) is 22.8 Å². The van der Waals surface area contributed by atoms with Gasteiger partial charge < -0.3 is 10.1 Å². The van der Waals surface area contributed by atoms with Gasteiger partial charge in [-0.1, -0.05) is 42.5 Å². The second-order valence-corrected chi connectivity index (χ2v) is 5.93. The Balaban J connectivity index is 1.58. The van der Waals surface area contributed by atoms with Crippen LogP contribution in [0.15, 0.2) is 67.0 Å². The third-order valence-corrected chi connectivity index (χ3v) is 3.84. The number of para-hydroxylation sites is 1. The van der Waals surface area contributed by atoms with Crippen LogP contribution in [-0.2, 0) is 16.1 Å². The summed E-state index contributed by atoms with van der Waals surface area (Å²) in [6.45, 7) is 1.93. The van der Waals surface area contributed by atoms with Crippen molar-refractivity contribution in [1.29, 1.82) is 0 Å². The number of esters is 1. The molecule has 0 aliphatic rings. The zero-order valence-corrected chi connectivity index (χ0v) is 14.6. The number of rotatable bonds is 6. The van der Waals surface area contributed by atoms with Crippen LogP contribution in [0, 0.1) is 5.82 Å². The fourth-order valence-electron chi connectivity index (χ4n) is 2.40. The molecular formula is C20H18FN3O3. The Labute approximate surface area is 155 Å². The van der Waals surface area contributed by atoms with E-state index in [4.69, 9.17) is 4.74 Å². The maximum atomic E-state index is 13.6. The van der Waals surface area contributed by atoms with E-state index >= 15 is 0 Å². The van der Waals surface area contributed by atoms with E-state index in [2.05, 4.69) is 10.4 Å². The zero-order valence-electron chi connectivity index (χ0n) is 14.6. The second kappa shape index (κ2) is 8.27. The first-order chi connectivity index (χ1) is 13.0. The van der Waals surface area contributed by atoms with Crippen molar-refractivity contribution in [3.8, 4) is 0 Å². The number of nitrogens with zero attached hydrogens (tertiary/aromatic N) is 2. The number of ether oxygens (including phenoxy) is 1. The minimum atomic E-state index is -1.09. The number of carbonyl (C=O) groups is 2. The molecule has 0 saturated heterocycles. The summed E-state index contributed by atoms with van der Waals surface area (Å²) in [5.41, 5.74) is 1.30. The molecule has 1 heterocycles. The Morgan fingerprint density at radius 2 is 1.85 bits per heavy atom. The van der Waals surface area contributed by atoms with Crippen molar-refractivity contribution in [2.75, 3.05) is 5.32 Å². The van der Waals surface area contributed by atoms with Crippen molar-refractivity contribution >= 4 is 17.6 Å². The summed E-state index contributed by atoms with van der Waals surface area (Å²) in [7, 11) is 0. The molecule has 3 aromatic rings. The molecule has 3 rings (SSSR count). The first-order valence-electron chi connectivity index (χ1n) is 8.35. The van der Waals surface area contributed by atoms with E-state index in [1.54, 1.807) is 16.9 Å². The van der Waals surface area contributed by atoms with Crippen molar-refractivity contribution in [1.82, 2.24) is 9.78 Å². The van der Waals surface area contributed by atoms with Gasteiger partial charge in [-0.2, -0.15) is 5.10 Å². The number of nitrogens with one attached hydrogen (secondary N) is 1. The summed E-state index contributed by atoms with van der Waals surface area (Å²) in [5, 5.41) is 6.52. The molecule has 1 aromatic heterocycles. The number of halogens is 1. The van der Waals surface area contributed by atoms with Crippen molar-refractivity contribution in [2.24, 2.45) is 0 Å². The SMILES string of the molecule is CC(OC(=O)c1cnn(Cc2ccccc2)c1)C(=O)Nc1ccccc1F. The molecule has 0 radical (unpaired) electrons. The van der Waals surface area contributed by atoms with Crippen LogP contribution in [0.5, 0.6) is 0 Å². The van der Waals surface area contributed by atoms with Crippen LogP contribution in [0.3, 0.4) is 0 Å². The molecular weight excluding hydrogens is 349 g/mol. The van der Waals surface area contributed by atoms with Crippen molar-refractivity contribution in [3.63, 3.8) is 0 Å². The normalized spacial score (nSPS) is 11.6. The van der Waals surface area contributed by atoms with Crippen LogP contribution in [0.4, 0.5) is 10.1 Å². The van der Waals surface area contributed by atoms with Gasteiger partial charge in [0.05, 0.1) is 24.0 Å². The largest absolute Gasteiger partial charge is 0.449 e. The Hall–Kier alpha value is -3.48. The van der Waals surface area contributed by atoms with Gasteiger partial charge in [0.2, 0.25) is 0 Å². The average Bonchev–Trinajstić information content (AvgIpc) is 3.13. The van der Waals surface area contributed by atoms with Gasteiger partial charge in [-0.15, -0.1) is 0 Å². The third kappa shape index (κ3) is 4.78. The van der Waals surface area contributed by atoms with Gasteiger partial charge in [-0.25, -0.2) is 9.18 Å². The summed E-state index contributed by atoms with van der Waals surface area (Å²) < 4.78 is 20.3. The lowest BCUT2D eigenvalue weighted by Crippen LogP contribution is -2.30. The number of carbonyl (C=O) groups excluding carboxylic acids is 2. The Morgan fingerprint density at radius 1 is 1.15 bits per heavy atom. The van der Waals surface area contributed by atoms with Crippen molar-refractivity contribution in [2.45, 2.75) is 19.6 Å². The molecule has 0 fully saturated rings. The maximum absolute atomic E-state index is 13.6. The van der Waals surface area contributed by atoms with Crippen molar-refractivity contribution < 1.29 is 18.7 Å². The molecule has 1 N–H and O–H groups in total. The van der Waals surface area contributed by atoms with Gasteiger partial charge >= 0.3 is 5.97 Å². The molecule has 1 atom stereocenters. The molecule has 7 heteroatoms. The number of hydrogen-bond donors (Lipinski definition) is 1. The van der Waals surface area contributed by atoms with Gasteiger partial charge in [0.15, 0.2) is 6.10 Å². The Kier molecular flexibility index (Phi) is 5.61. The van der Waals surface area contributed by atoms with Crippen LogP contribution >= 0.6 is 0 Å². The number of benzene rings is 2. The quantitative estimate of drug-likeness (QED) is 0.679. The number of hydrogen-bond acceptors (Lipinski definition) is 4. The lowest BCUT2D eigenvalue weighted by atomic mass is 10.2. The predicted molar refractivity (Wildman–Crippen MR) is 97.7 cm³/mol. The van der Waals surface area contributed by atoms with Gasteiger partial charge in [0.25, 0.3) is 5.91 Å². The molecule has 27 heavy (non-hydrogen) atoms. The smallest absolute Gasteiger partial charge is 0.342 e. The van der Waals surface area contributed by atoms with Crippen molar-refractivity contribution in [3.05, 3.63) is 83.9 Å². The molecule has 0 aliphatic heterocycles. The zero-order chi connectivity index (χ0) is 19.2.